The van der Waals surface area contributed by atoms with Gasteiger partial charge in [-0.2, -0.15) is 0 Å². The molecule has 0 saturated carbocycles. The van der Waals surface area contributed by atoms with Crippen molar-refractivity contribution in [2.45, 2.75) is 25.9 Å². The molecular formula is C28H28O6. The van der Waals surface area contributed by atoms with Crippen LogP contribution in [0.3, 0.4) is 0 Å². The molecule has 3 rings (SSSR count). The average molecular weight is 461 g/mol. The Bertz CT molecular complexity index is 1170. The SMILES string of the molecule is COC(=O)C(C/C=C/C(OC(C)=O)c1ccccc1)(Cc1ccc2ccccc2c1)C(=O)OC. The number of fused-ring (bicyclic) bond motifs is 1. The van der Waals surface area contributed by atoms with Gasteiger partial charge in [0, 0.05) is 6.92 Å². The Kier molecular flexibility index (Phi) is 8.19. The van der Waals surface area contributed by atoms with Gasteiger partial charge in [-0.25, -0.2) is 0 Å². The molecule has 0 aliphatic carbocycles. The maximum absolute atomic E-state index is 13.0. The van der Waals surface area contributed by atoms with E-state index in [4.69, 9.17) is 14.2 Å². The molecule has 0 aliphatic heterocycles. The Labute approximate surface area is 199 Å². The Hall–Kier alpha value is -3.93. The first kappa shape index (κ1) is 24.7. The quantitative estimate of drug-likeness (QED) is 0.194. The number of esters is 3. The molecule has 0 spiro atoms. The third kappa shape index (κ3) is 5.70. The second kappa shape index (κ2) is 11.3. The van der Waals surface area contributed by atoms with Crippen molar-refractivity contribution < 1.29 is 28.6 Å². The van der Waals surface area contributed by atoms with Crippen LogP contribution in [0, 0.1) is 5.41 Å². The Balaban J connectivity index is 1.96. The zero-order valence-corrected chi connectivity index (χ0v) is 19.5. The zero-order chi connectivity index (χ0) is 24.6. The van der Waals surface area contributed by atoms with E-state index in [1.807, 2.05) is 72.8 Å². The molecule has 0 N–H and O–H groups in total. The second-order valence-electron chi connectivity index (χ2n) is 8.00. The van der Waals surface area contributed by atoms with E-state index in [-0.39, 0.29) is 12.8 Å². The summed E-state index contributed by atoms with van der Waals surface area (Å²) in [6.07, 6.45) is 2.76. The van der Waals surface area contributed by atoms with E-state index in [2.05, 4.69) is 0 Å². The number of benzene rings is 3. The number of carbonyl (C=O) groups excluding carboxylic acids is 3. The van der Waals surface area contributed by atoms with Gasteiger partial charge in [0.2, 0.25) is 0 Å². The highest BCUT2D eigenvalue weighted by Gasteiger charge is 2.47. The molecule has 176 valence electrons. The number of rotatable bonds is 9. The lowest BCUT2D eigenvalue weighted by molar-refractivity contribution is -0.169. The molecule has 0 heterocycles. The predicted octanol–water partition coefficient (Wildman–Crippen LogP) is 4.97. The lowest BCUT2D eigenvalue weighted by atomic mass is 9.78. The normalized spacial score (nSPS) is 12.3. The molecule has 0 fully saturated rings. The van der Waals surface area contributed by atoms with Gasteiger partial charge in [-0.05, 0) is 40.8 Å². The highest BCUT2D eigenvalue weighted by molar-refractivity contribution is 6.00. The van der Waals surface area contributed by atoms with E-state index in [0.29, 0.717) is 0 Å². The monoisotopic (exact) mass is 460 g/mol. The minimum atomic E-state index is -1.60. The molecule has 3 aromatic carbocycles. The van der Waals surface area contributed by atoms with Gasteiger partial charge in [-0.15, -0.1) is 0 Å². The molecule has 0 saturated heterocycles. The van der Waals surface area contributed by atoms with Crippen molar-refractivity contribution in [1.82, 2.24) is 0 Å². The summed E-state index contributed by atoms with van der Waals surface area (Å²) in [4.78, 5) is 37.6. The van der Waals surface area contributed by atoms with E-state index in [1.165, 1.54) is 21.1 Å². The third-order valence-electron chi connectivity index (χ3n) is 5.67. The lowest BCUT2D eigenvalue weighted by Gasteiger charge is -2.27. The van der Waals surface area contributed by atoms with Gasteiger partial charge in [-0.3, -0.25) is 14.4 Å². The topological polar surface area (TPSA) is 78.9 Å². The third-order valence-corrected chi connectivity index (χ3v) is 5.67. The van der Waals surface area contributed by atoms with Crippen LogP contribution in [0.15, 0.2) is 84.9 Å². The minimum absolute atomic E-state index is 0.00374. The van der Waals surface area contributed by atoms with Crippen LogP contribution in [0.25, 0.3) is 10.8 Å². The predicted molar refractivity (Wildman–Crippen MR) is 129 cm³/mol. The summed E-state index contributed by atoms with van der Waals surface area (Å²) in [5.74, 6) is -1.83. The highest BCUT2D eigenvalue weighted by atomic mass is 16.5. The fourth-order valence-electron chi connectivity index (χ4n) is 3.99. The molecule has 0 radical (unpaired) electrons. The first-order valence-corrected chi connectivity index (χ1v) is 10.9. The van der Waals surface area contributed by atoms with Crippen molar-refractivity contribution in [3.05, 3.63) is 96.1 Å². The van der Waals surface area contributed by atoms with Gasteiger partial charge < -0.3 is 14.2 Å². The summed E-state index contributed by atoms with van der Waals surface area (Å²) in [6.45, 7) is 1.33. The summed E-state index contributed by atoms with van der Waals surface area (Å²) < 4.78 is 15.5. The fraction of sp³-hybridized carbons (Fsp3) is 0.250. The number of allylic oxidation sites excluding steroid dienone is 1. The Morgan fingerprint density at radius 2 is 1.47 bits per heavy atom. The van der Waals surface area contributed by atoms with Gasteiger partial charge in [0.1, 0.15) is 6.10 Å². The largest absolute Gasteiger partial charge is 0.468 e. The van der Waals surface area contributed by atoms with Gasteiger partial charge in [0.25, 0.3) is 0 Å². The number of hydrogen-bond acceptors (Lipinski definition) is 6. The van der Waals surface area contributed by atoms with Gasteiger partial charge >= 0.3 is 17.9 Å². The molecule has 34 heavy (non-hydrogen) atoms. The van der Waals surface area contributed by atoms with Crippen LogP contribution in [-0.4, -0.2) is 32.1 Å². The number of hydrogen-bond donors (Lipinski definition) is 0. The second-order valence-corrected chi connectivity index (χ2v) is 8.00. The highest BCUT2D eigenvalue weighted by Crippen LogP contribution is 2.33. The van der Waals surface area contributed by atoms with Crippen LogP contribution in [0.4, 0.5) is 0 Å². The van der Waals surface area contributed by atoms with E-state index >= 15 is 0 Å². The van der Waals surface area contributed by atoms with Crippen molar-refractivity contribution in [3.63, 3.8) is 0 Å². The smallest absolute Gasteiger partial charge is 0.323 e. The van der Waals surface area contributed by atoms with E-state index in [9.17, 15) is 14.4 Å². The van der Waals surface area contributed by atoms with Crippen molar-refractivity contribution in [2.75, 3.05) is 14.2 Å². The zero-order valence-electron chi connectivity index (χ0n) is 19.5. The lowest BCUT2D eigenvalue weighted by Crippen LogP contribution is -2.43. The molecule has 3 aromatic rings. The van der Waals surface area contributed by atoms with Crippen molar-refractivity contribution in [1.29, 1.82) is 0 Å². The Morgan fingerprint density at radius 1 is 0.853 bits per heavy atom. The Morgan fingerprint density at radius 3 is 2.09 bits per heavy atom. The average Bonchev–Trinajstić information content (AvgIpc) is 2.86. The molecule has 1 atom stereocenters. The van der Waals surface area contributed by atoms with Gasteiger partial charge in [0.05, 0.1) is 14.2 Å². The van der Waals surface area contributed by atoms with E-state index in [1.54, 1.807) is 12.2 Å². The summed E-state index contributed by atoms with van der Waals surface area (Å²) in [7, 11) is 2.49. The van der Waals surface area contributed by atoms with Crippen LogP contribution in [-0.2, 0) is 35.0 Å². The summed E-state index contributed by atoms with van der Waals surface area (Å²) in [5, 5.41) is 2.05. The van der Waals surface area contributed by atoms with Crippen LogP contribution in [0.2, 0.25) is 0 Å². The van der Waals surface area contributed by atoms with Gasteiger partial charge in [0.15, 0.2) is 5.41 Å². The molecule has 0 aromatic heterocycles. The number of methoxy groups -OCH3 is 2. The van der Waals surface area contributed by atoms with Crippen molar-refractivity contribution >= 4 is 28.7 Å². The summed E-state index contributed by atoms with van der Waals surface area (Å²) >= 11 is 0. The molecule has 6 heteroatoms. The van der Waals surface area contributed by atoms with Crippen molar-refractivity contribution in [2.24, 2.45) is 5.41 Å². The van der Waals surface area contributed by atoms with Crippen LogP contribution in [0.5, 0.6) is 0 Å². The molecule has 0 aliphatic rings. The van der Waals surface area contributed by atoms with E-state index < -0.39 is 29.4 Å². The van der Waals surface area contributed by atoms with Crippen molar-refractivity contribution in [3.8, 4) is 0 Å². The molecular weight excluding hydrogens is 432 g/mol. The molecule has 1 unspecified atom stereocenters. The molecule has 0 bridgehead atoms. The maximum atomic E-state index is 13.0. The first-order valence-electron chi connectivity index (χ1n) is 10.9. The fourth-order valence-corrected chi connectivity index (χ4v) is 3.99. The van der Waals surface area contributed by atoms with Crippen LogP contribution in [0.1, 0.15) is 30.6 Å². The standard InChI is InChI=1S/C28H28O6/c1-20(29)34-25(23-11-5-4-6-12-23)14-9-17-28(26(30)32-2,27(31)33-3)19-21-15-16-22-10-7-8-13-24(22)18-21/h4-16,18,25H,17,19H2,1-3H3/b14-9+. The summed E-state index contributed by atoms with van der Waals surface area (Å²) in [5.41, 5.74) is -0.0346. The maximum Gasteiger partial charge on any atom is 0.323 e. The molecule has 6 nitrogen and oxygen atoms in total. The van der Waals surface area contributed by atoms with Crippen LogP contribution < -0.4 is 0 Å². The number of carbonyl (C=O) groups is 3. The number of ether oxygens (including phenoxy) is 3. The molecule has 0 amide bonds. The van der Waals surface area contributed by atoms with Gasteiger partial charge in [-0.1, -0.05) is 78.9 Å². The first-order chi connectivity index (χ1) is 16.4. The summed E-state index contributed by atoms with van der Waals surface area (Å²) in [6, 6.07) is 22.8. The van der Waals surface area contributed by atoms with Crippen LogP contribution >= 0.6 is 0 Å². The minimum Gasteiger partial charge on any atom is -0.468 e. The van der Waals surface area contributed by atoms with E-state index in [0.717, 1.165) is 21.9 Å².